The highest BCUT2D eigenvalue weighted by Gasteiger charge is 2.19. The Balaban J connectivity index is 2.25. The van der Waals surface area contributed by atoms with Crippen LogP contribution in [-0.4, -0.2) is 18.3 Å². The first-order chi connectivity index (χ1) is 8.24. The lowest BCUT2D eigenvalue weighted by Crippen LogP contribution is -2.12. The van der Waals surface area contributed by atoms with E-state index in [0.717, 1.165) is 28.6 Å². The summed E-state index contributed by atoms with van der Waals surface area (Å²) < 4.78 is 12.1. The van der Waals surface area contributed by atoms with Gasteiger partial charge in [-0.3, -0.25) is 0 Å². The predicted molar refractivity (Wildman–Crippen MR) is 69.5 cm³/mol. The number of halogens is 1. The maximum absolute atomic E-state index is 9.19. The summed E-state index contributed by atoms with van der Waals surface area (Å²) >= 11 is 3.43. The lowest BCUT2D eigenvalue weighted by atomic mass is 10.2. The van der Waals surface area contributed by atoms with E-state index < -0.39 is 0 Å². The summed E-state index contributed by atoms with van der Waals surface area (Å²) in [4.78, 5) is 0. The minimum Gasteiger partial charge on any atom is -0.492 e. The first-order valence-electron chi connectivity index (χ1n) is 5.88. The molecule has 0 radical (unpaired) electrons. The summed E-state index contributed by atoms with van der Waals surface area (Å²) in [6.45, 7) is 0.00359. The van der Waals surface area contributed by atoms with Crippen molar-refractivity contribution in [2.24, 2.45) is 0 Å². The molecule has 0 saturated heterocycles. The van der Waals surface area contributed by atoms with Crippen LogP contribution in [0.3, 0.4) is 0 Å². The van der Waals surface area contributed by atoms with E-state index in [-0.39, 0.29) is 12.7 Å². The summed E-state index contributed by atoms with van der Waals surface area (Å²) in [5.41, 5.74) is 0.825. The molecule has 0 heterocycles. The van der Waals surface area contributed by atoms with Crippen LogP contribution >= 0.6 is 15.9 Å². The molecule has 1 saturated carbocycles. The molecule has 1 aromatic rings. The van der Waals surface area contributed by atoms with Gasteiger partial charge in [0.05, 0.1) is 24.3 Å². The molecule has 0 aromatic heterocycles. The molecule has 2 rings (SSSR count). The van der Waals surface area contributed by atoms with Crippen LogP contribution in [0.5, 0.6) is 11.5 Å². The Morgan fingerprint density at radius 1 is 1.35 bits per heavy atom. The van der Waals surface area contributed by atoms with Gasteiger partial charge in [-0.1, -0.05) is 0 Å². The number of ether oxygens (including phenoxy) is 2. The van der Waals surface area contributed by atoms with Crippen LogP contribution in [0.1, 0.15) is 31.2 Å². The summed E-state index contributed by atoms with van der Waals surface area (Å²) in [7, 11) is 1.63. The first kappa shape index (κ1) is 12.7. The zero-order chi connectivity index (χ0) is 12.3. The van der Waals surface area contributed by atoms with E-state index >= 15 is 0 Å². The van der Waals surface area contributed by atoms with Crippen LogP contribution in [0.15, 0.2) is 16.6 Å². The van der Waals surface area contributed by atoms with Gasteiger partial charge in [0.25, 0.3) is 0 Å². The fourth-order valence-corrected chi connectivity index (χ4v) is 2.84. The van der Waals surface area contributed by atoms with Crippen molar-refractivity contribution in [3.63, 3.8) is 0 Å². The van der Waals surface area contributed by atoms with Crippen molar-refractivity contribution in [2.75, 3.05) is 7.11 Å². The second kappa shape index (κ2) is 5.74. The van der Waals surface area contributed by atoms with E-state index in [1.165, 1.54) is 12.8 Å². The van der Waals surface area contributed by atoms with Crippen LogP contribution in [0.4, 0.5) is 0 Å². The van der Waals surface area contributed by atoms with Gasteiger partial charge in [0, 0.05) is 0 Å². The molecule has 1 aliphatic carbocycles. The second-order valence-electron chi connectivity index (χ2n) is 4.29. The standard InChI is InChI=1S/C13H17BrO3/c1-16-13-11(14)6-9(8-15)7-12(13)17-10-4-2-3-5-10/h6-7,10,15H,2-5,8H2,1H3. The lowest BCUT2D eigenvalue weighted by molar-refractivity contribution is 0.199. The molecule has 1 fully saturated rings. The Kier molecular flexibility index (Phi) is 4.29. The topological polar surface area (TPSA) is 38.7 Å². The van der Waals surface area contributed by atoms with E-state index in [0.29, 0.717) is 5.75 Å². The molecule has 0 spiro atoms. The van der Waals surface area contributed by atoms with Gasteiger partial charge >= 0.3 is 0 Å². The third-order valence-electron chi connectivity index (χ3n) is 3.05. The molecular formula is C13H17BrO3. The molecule has 0 unspecified atom stereocenters. The SMILES string of the molecule is COc1c(Br)cc(CO)cc1OC1CCCC1. The van der Waals surface area contributed by atoms with Crippen molar-refractivity contribution in [3.8, 4) is 11.5 Å². The highest BCUT2D eigenvalue weighted by atomic mass is 79.9. The highest BCUT2D eigenvalue weighted by Crippen LogP contribution is 2.38. The van der Waals surface area contributed by atoms with Gasteiger partial charge < -0.3 is 14.6 Å². The predicted octanol–water partition coefficient (Wildman–Crippen LogP) is 3.27. The molecule has 0 atom stereocenters. The van der Waals surface area contributed by atoms with E-state index in [2.05, 4.69) is 15.9 Å². The molecule has 0 aliphatic heterocycles. The molecule has 17 heavy (non-hydrogen) atoms. The van der Waals surface area contributed by atoms with Crippen molar-refractivity contribution < 1.29 is 14.6 Å². The molecule has 3 nitrogen and oxygen atoms in total. The number of benzene rings is 1. The van der Waals surface area contributed by atoms with Crippen molar-refractivity contribution in [2.45, 2.75) is 38.4 Å². The summed E-state index contributed by atoms with van der Waals surface area (Å²) in [5, 5.41) is 9.19. The zero-order valence-corrected chi connectivity index (χ0v) is 11.5. The highest BCUT2D eigenvalue weighted by molar-refractivity contribution is 9.10. The third kappa shape index (κ3) is 2.93. The van der Waals surface area contributed by atoms with Crippen molar-refractivity contribution in [1.82, 2.24) is 0 Å². The van der Waals surface area contributed by atoms with Crippen molar-refractivity contribution in [3.05, 3.63) is 22.2 Å². The lowest BCUT2D eigenvalue weighted by Gasteiger charge is -2.17. The van der Waals surface area contributed by atoms with Crippen LogP contribution in [0.2, 0.25) is 0 Å². The normalized spacial score (nSPS) is 16.2. The van der Waals surface area contributed by atoms with E-state index in [1.54, 1.807) is 7.11 Å². The number of aliphatic hydroxyl groups is 1. The Morgan fingerprint density at radius 2 is 2.06 bits per heavy atom. The fraction of sp³-hybridized carbons (Fsp3) is 0.538. The number of aliphatic hydroxyl groups excluding tert-OH is 1. The molecule has 4 heteroatoms. The summed E-state index contributed by atoms with van der Waals surface area (Å²) in [5.74, 6) is 1.42. The van der Waals surface area contributed by atoms with Crippen molar-refractivity contribution >= 4 is 15.9 Å². The maximum Gasteiger partial charge on any atom is 0.174 e. The van der Waals surface area contributed by atoms with Crippen LogP contribution in [-0.2, 0) is 6.61 Å². The number of hydrogen-bond acceptors (Lipinski definition) is 3. The number of hydrogen-bond donors (Lipinski definition) is 1. The minimum atomic E-state index is 0.00359. The maximum atomic E-state index is 9.19. The van der Waals surface area contributed by atoms with Gasteiger partial charge in [0.2, 0.25) is 0 Å². The molecule has 1 N–H and O–H groups in total. The van der Waals surface area contributed by atoms with Gasteiger partial charge in [-0.05, 0) is 59.3 Å². The first-order valence-corrected chi connectivity index (χ1v) is 6.68. The molecule has 0 amide bonds. The monoisotopic (exact) mass is 300 g/mol. The van der Waals surface area contributed by atoms with Crippen LogP contribution in [0, 0.1) is 0 Å². The van der Waals surface area contributed by atoms with Gasteiger partial charge in [0.1, 0.15) is 0 Å². The van der Waals surface area contributed by atoms with Gasteiger partial charge in [-0.2, -0.15) is 0 Å². The number of methoxy groups -OCH3 is 1. The summed E-state index contributed by atoms with van der Waals surface area (Å²) in [6, 6.07) is 3.70. The molecule has 94 valence electrons. The smallest absolute Gasteiger partial charge is 0.174 e. The largest absolute Gasteiger partial charge is 0.492 e. The molecular weight excluding hydrogens is 284 g/mol. The van der Waals surface area contributed by atoms with Crippen molar-refractivity contribution in [1.29, 1.82) is 0 Å². The second-order valence-corrected chi connectivity index (χ2v) is 5.15. The van der Waals surface area contributed by atoms with E-state index in [1.807, 2.05) is 12.1 Å². The van der Waals surface area contributed by atoms with Gasteiger partial charge in [0.15, 0.2) is 11.5 Å². The third-order valence-corrected chi connectivity index (χ3v) is 3.64. The quantitative estimate of drug-likeness (QED) is 0.927. The Morgan fingerprint density at radius 3 is 2.65 bits per heavy atom. The average molecular weight is 301 g/mol. The zero-order valence-electron chi connectivity index (χ0n) is 9.91. The molecule has 0 bridgehead atoms. The van der Waals surface area contributed by atoms with Gasteiger partial charge in [-0.25, -0.2) is 0 Å². The average Bonchev–Trinajstić information content (AvgIpc) is 2.81. The Hall–Kier alpha value is -0.740. The van der Waals surface area contributed by atoms with Crippen LogP contribution in [0.25, 0.3) is 0 Å². The minimum absolute atomic E-state index is 0.00359. The van der Waals surface area contributed by atoms with E-state index in [4.69, 9.17) is 9.47 Å². The van der Waals surface area contributed by atoms with E-state index in [9.17, 15) is 5.11 Å². The Labute approximate surface area is 110 Å². The summed E-state index contributed by atoms with van der Waals surface area (Å²) in [6.07, 6.45) is 4.94. The number of rotatable bonds is 4. The van der Waals surface area contributed by atoms with Crippen LogP contribution < -0.4 is 9.47 Å². The fourth-order valence-electron chi connectivity index (χ4n) is 2.18. The Bertz CT molecular complexity index is 386. The molecule has 1 aliphatic rings. The van der Waals surface area contributed by atoms with Gasteiger partial charge in [-0.15, -0.1) is 0 Å². The molecule has 1 aromatic carbocycles.